The first-order valence-corrected chi connectivity index (χ1v) is 7.53. The Morgan fingerprint density at radius 3 is 2.85 bits per heavy atom. The fourth-order valence-corrected chi connectivity index (χ4v) is 2.92. The number of carbonyl (C=O) groups is 2. The first kappa shape index (κ1) is 15.0. The third-order valence-corrected chi connectivity index (χ3v) is 4.27. The molecule has 1 fully saturated rings. The van der Waals surface area contributed by atoms with Crippen molar-refractivity contribution < 1.29 is 14.5 Å². The molecular formula is C14H19BrN3O2+. The molecule has 0 aromatic heterocycles. The van der Waals surface area contributed by atoms with E-state index < -0.39 is 0 Å². The van der Waals surface area contributed by atoms with Gasteiger partial charge < -0.3 is 16.0 Å². The van der Waals surface area contributed by atoms with Crippen LogP contribution in [-0.4, -0.2) is 31.4 Å². The van der Waals surface area contributed by atoms with Gasteiger partial charge in [0.15, 0.2) is 6.54 Å². The number of halogens is 1. The summed E-state index contributed by atoms with van der Waals surface area (Å²) in [5.74, 6) is -0.402. The summed E-state index contributed by atoms with van der Waals surface area (Å²) < 4.78 is 0.858. The molecule has 2 rings (SSSR count). The van der Waals surface area contributed by atoms with E-state index in [1.54, 1.807) is 0 Å². The molecule has 4 N–H and O–H groups in total. The summed E-state index contributed by atoms with van der Waals surface area (Å²) in [5, 5.41) is 2.88. The van der Waals surface area contributed by atoms with E-state index in [0.717, 1.165) is 34.4 Å². The highest BCUT2D eigenvalue weighted by Gasteiger charge is 2.28. The lowest BCUT2D eigenvalue weighted by Gasteiger charge is -2.27. The summed E-state index contributed by atoms with van der Waals surface area (Å²) in [6.07, 6.45) is 1.77. The van der Waals surface area contributed by atoms with E-state index in [9.17, 15) is 9.59 Å². The number of hydrogen-bond acceptors (Lipinski definition) is 2. The second-order valence-corrected chi connectivity index (χ2v) is 6.00. The van der Waals surface area contributed by atoms with E-state index in [1.165, 1.54) is 0 Å². The lowest BCUT2D eigenvalue weighted by atomic mass is 9.97. The highest BCUT2D eigenvalue weighted by Crippen LogP contribution is 2.20. The number of piperidine rings is 1. The van der Waals surface area contributed by atoms with Crippen LogP contribution in [0.4, 0.5) is 5.69 Å². The largest absolute Gasteiger partial charge is 0.369 e. The number of benzene rings is 1. The first-order valence-electron chi connectivity index (χ1n) is 6.73. The normalized spacial score (nSPS) is 22.2. The number of hydrogen-bond donors (Lipinski definition) is 3. The molecule has 1 unspecified atom stereocenters. The van der Waals surface area contributed by atoms with E-state index in [2.05, 4.69) is 21.2 Å². The Hall–Kier alpha value is -1.40. The van der Waals surface area contributed by atoms with Crippen LogP contribution in [0.25, 0.3) is 0 Å². The third-order valence-electron chi connectivity index (χ3n) is 3.58. The van der Waals surface area contributed by atoms with Crippen LogP contribution in [0.1, 0.15) is 12.8 Å². The van der Waals surface area contributed by atoms with Crippen LogP contribution >= 0.6 is 15.9 Å². The van der Waals surface area contributed by atoms with Gasteiger partial charge in [-0.15, -0.1) is 0 Å². The topological polar surface area (TPSA) is 76.6 Å². The number of nitrogens with two attached hydrogens (primary N) is 1. The van der Waals surface area contributed by atoms with Crippen molar-refractivity contribution in [2.75, 3.05) is 25.0 Å². The van der Waals surface area contributed by atoms with Crippen molar-refractivity contribution in [2.24, 2.45) is 11.7 Å². The van der Waals surface area contributed by atoms with Crippen LogP contribution in [0.2, 0.25) is 0 Å². The zero-order valence-electron chi connectivity index (χ0n) is 11.2. The Morgan fingerprint density at radius 1 is 1.40 bits per heavy atom. The van der Waals surface area contributed by atoms with Gasteiger partial charge in [0.2, 0.25) is 5.91 Å². The molecule has 0 radical (unpaired) electrons. The van der Waals surface area contributed by atoms with Gasteiger partial charge in [-0.25, -0.2) is 0 Å². The van der Waals surface area contributed by atoms with Crippen molar-refractivity contribution in [2.45, 2.75) is 12.8 Å². The Labute approximate surface area is 126 Å². The zero-order valence-corrected chi connectivity index (χ0v) is 12.8. The third kappa shape index (κ3) is 4.05. The standard InChI is InChI=1S/C14H18BrN3O2/c15-11-5-1-2-6-12(11)17-13(19)9-18-7-3-4-10(8-18)14(16)20/h1-2,5-6,10H,3-4,7-9H2,(H2,16,20)(H,17,19)/p+1/t10-/m1/s1. The molecule has 0 saturated carbocycles. The van der Waals surface area contributed by atoms with Crippen molar-refractivity contribution in [3.63, 3.8) is 0 Å². The number of amides is 2. The summed E-state index contributed by atoms with van der Waals surface area (Å²) in [4.78, 5) is 24.4. The Balaban J connectivity index is 1.88. The predicted molar refractivity (Wildman–Crippen MR) is 80.3 cm³/mol. The summed E-state index contributed by atoms with van der Waals surface area (Å²) in [7, 11) is 0. The number of rotatable bonds is 4. The molecule has 5 nitrogen and oxygen atoms in total. The molecule has 1 saturated heterocycles. The molecule has 20 heavy (non-hydrogen) atoms. The number of likely N-dealkylation sites (tertiary alicyclic amines) is 1. The maximum Gasteiger partial charge on any atom is 0.279 e. The molecule has 1 aliphatic heterocycles. The summed E-state index contributed by atoms with van der Waals surface area (Å²) in [6, 6.07) is 7.50. The number of primary amides is 1. The predicted octanol–water partition coefficient (Wildman–Crippen LogP) is 0.168. The van der Waals surface area contributed by atoms with Gasteiger partial charge in [-0.05, 0) is 40.9 Å². The molecule has 1 aromatic rings. The number of quaternary nitrogens is 1. The van der Waals surface area contributed by atoms with Gasteiger partial charge in [-0.1, -0.05) is 12.1 Å². The quantitative estimate of drug-likeness (QED) is 0.730. The number of nitrogens with one attached hydrogen (secondary N) is 2. The van der Waals surface area contributed by atoms with Crippen LogP contribution in [0.5, 0.6) is 0 Å². The number of anilines is 1. The van der Waals surface area contributed by atoms with Crippen LogP contribution in [0.15, 0.2) is 28.7 Å². The van der Waals surface area contributed by atoms with Crippen molar-refractivity contribution >= 4 is 33.4 Å². The van der Waals surface area contributed by atoms with Crippen molar-refractivity contribution in [3.05, 3.63) is 28.7 Å². The van der Waals surface area contributed by atoms with Gasteiger partial charge in [0.05, 0.1) is 24.7 Å². The van der Waals surface area contributed by atoms with E-state index in [1.807, 2.05) is 24.3 Å². The monoisotopic (exact) mass is 340 g/mol. The van der Waals surface area contributed by atoms with Gasteiger partial charge in [-0.2, -0.15) is 0 Å². The van der Waals surface area contributed by atoms with E-state index in [4.69, 9.17) is 5.73 Å². The lowest BCUT2D eigenvalue weighted by Crippen LogP contribution is -3.14. The SMILES string of the molecule is NC(=O)[C@@H]1CCC[NH+](CC(=O)Nc2ccccc2Br)C1. The fourth-order valence-electron chi connectivity index (χ4n) is 2.54. The molecule has 0 bridgehead atoms. The first-order chi connectivity index (χ1) is 9.56. The minimum absolute atomic E-state index is 0.0444. The number of carbonyl (C=O) groups excluding carboxylic acids is 2. The van der Waals surface area contributed by atoms with Gasteiger partial charge in [0, 0.05) is 4.47 Å². The highest BCUT2D eigenvalue weighted by atomic mass is 79.9. The van der Waals surface area contributed by atoms with Crippen molar-refractivity contribution in [1.29, 1.82) is 0 Å². The minimum atomic E-state index is -0.256. The Kier molecular flexibility index (Phi) is 5.14. The molecule has 1 heterocycles. The molecule has 2 atom stereocenters. The molecule has 0 spiro atoms. The molecule has 1 aromatic carbocycles. The molecule has 1 aliphatic rings. The summed E-state index contributed by atoms with van der Waals surface area (Å²) in [6.45, 7) is 1.93. The van der Waals surface area contributed by atoms with Gasteiger partial charge in [0.1, 0.15) is 0 Å². The second-order valence-electron chi connectivity index (χ2n) is 5.15. The van der Waals surface area contributed by atoms with Crippen LogP contribution < -0.4 is 16.0 Å². The van der Waals surface area contributed by atoms with Gasteiger partial charge in [0.25, 0.3) is 5.91 Å². The molecule has 108 valence electrons. The van der Waals surface area contributed by atoms with Crippen LogP contribution in [-0.2, 0) is 9.59 Å². The smallest absolute Gasteiger partial charge is 0.279 e. The fraction of sp³-hybridized carbons (Fsp3) is 0.429. The molecule has 6 heteroatoms. The summed E-state index contributed by atoms with van der Waals surface area (Å²) in [5.41, 5.74) is 6.11. The van der Waals surface area contributed by atoms with Crippen molar-refractivity contribution in [1.82, 2.24) is 0 Å². The van der Waals surface area contributed by atoms with E-state index in [0.29, 0.717) is 13.1 Å². The molecule has 0 aliphatic carbocycles. The minimum Gasteiger partial charge on any atom is -0.369 e. The number of para-hydroxylation sites is 1. The van der Waals surface area contributed by atoms with Gasteiger partial charge >= 0.3 is 0 Å². The average molecular weight is 341 g/mol. The van der Waals surface area contributed by atoms with Crippen LogP contribution in [0.3, 0.4) is 0 Å². The molecule has 2 amide bonds. The van der Waals surface area contributed by atoms with E-state index in [-0.39, 0.29) is 17.7 Å². The second kappa shape index (κ2) is 6.85. The Bertz CT molecular complexity index is 507. The highest BCUT2D eigenvalue weighted by molar-refractivity contribution is 9.10. The maximum absolute atomic E-state index is 12.0. The van der Waals surface area contributed by atoms with Crippen LogP contribution in [0, 0.1) is 5.92 Å². The zero-order chi connectivity index (χ0) is 14.5. The maximum atomic E-state index is 12.0. The van der Waals surface area contributed by atoms with E-state index >= 15 is 0 Å². The van der Waals surface area contributed by atoms with Gasteiger partial charge in [-0.3, -0.25) is 9.59 Å². The molecular weight excluding hydrogens is 322 g/mol. The lowest BCUT2D eigenvalue weighted by molar-refractivity contribution is -0.899. The average Bonchev–Trinajstić information content (AvgIpc) is 2.41. The summed E-state index contributed by atoms with van der Waals surface area (Å²) >= 11 is 3.40. The Morgan fingerprint density at radius 2 is 2.15 bits per heavy atom. The van der Waals surface area contributed by atoms with Crippen molar-refractivity contribution in [3.8, 4) is 0 Å².